The normalized spacial score (nSPS) is 10.6. The van der Waals surface area contributed by atoms with Crippen molar-refractivity contribution in [2.75, 3.05) is 10.6 Å². The molecular formula is C16H11Cl2N3O3S. The molecule has 128 valence electrons. The van der Waals surface area contributed by atoms with E-state index in [9.17, 15) is 14.7 Å². The molecule has 0 aliphatic rings. The van der Waals surface area contributed by atoms with Gasteiger partial charge in [0.25, 0.3) is 5.91 Å². The third-order valence-corrected chi connectivity index (χ3v) is 5.23. The SMILES string of the molecule is NC(=O)c1c(NC(=O)Nc2cccc(Cl)c2Cl)sc2cc(O)ccc12. The topological polar surface area (TPSA) is 104 Å². The van der Waals surface area contributed by atoms with E-state index in [-0.39, 0.29) is 21.3 Å². The second-order valence-corrected chi connectivity index (χ2v) is 6.87. The number of nitrogens with two attached hydrogens (primary N) is 1. The summed E-state index contributed by atoms with van der Waals surface area (Å²) in [5, 5.41) is 16.0. The quantitative estimate of drug-likeness (QED) is 0.518. The van der Waals surface area contributed by atoms with E-state index >= 15 is 0 Å². The monoisotopic (exact) mass is 395 g/mol. The molecule has 0 aliphatic carbocycles. The van der Waals surface area contributed by atoms with Crippen LogP contribution in [0.1, 0.15) is 10.4 Å². The second-order valence-electron chi connectivity index (χ2n) is 5.03. The molecule has 0 saturated carbocycles. The highest BCUT2D eigenvalue weighted by Crippen LogP contribution is 2.37. The number of benzene rings is 2. The zero-order valence-corrected chi connectivity index (χ0v) is 14.8. The van der Waals surface area contributed by atoms with Gasteiger partial charge in [0.05, 0.1) is 21.3 Å². The van der Waals surface area contributed by atoms with Crippen molar-refractivity contribution in [3.8, 4) is 5.75 Å². The maximum Gasteiger partial charge on any atom is 0.324 e. The van der Waals surface area contributed by atoms with Gasteiger partial charge in [0.15, 0.2) is 0 Å². The van der Waals surface area contributed by atoms with Gasteiger partial charge in [-0.1, -0.05) is 29.3 Å². The largest absolute Gasteiger partial charge is 0.508 e. The lowest BCUT2D eigenvalue weighted by Gasteiger charge is -2.09. The Kier molecular flexibility index (Phi) is 4.71. The van der Waals surface area contributed by atoms with Gasteiger partial charge in [-0.3, -0.25) is 10.1 Å². The first kappa shape index (κ1) is 17.3. The number of amides is 3. The van der Waals surface area contributed by atoms with Gasteiger partial charge in [-0.15, -0.1) is 11.3 Å². The molecule has 0 aliphatic heterocycles. The van der Waals surface area contributed by atoms with Crippen LogP contribution in [0.15, 0.2) is 36.4 Å². The van der Waals surface area contributed by atoms with E-state index in [0.29, 0.717) is 20.8 Å². The van der Waals surface area contributed by atoms with Crippen LogP contribution in [0.4, 0.5) is 15.5 Å². The van der Waals surface area contributed by atoms with Crippen molar-refractivity contribution in [1.82, 2.24) is 0 Å². The molecule has 9 heteroatoms. The molecule has 0 saturated heterocycles. The number of fused-ring (bicyclic) bond motifs is 1. The molecule has 0 unspecified atom stereocenters. The van der Waals surface area contributed by atoms with Crippen molar-refractivity contribution in [2.24, 2.45) is 5.73 Å². The number of phenols is 1. The third-order valence-electron chi connectivity index (χ3n) is 3.35. The lowest BCUT2D eigenvalue weighted by Crippen LogP contribution is -2.21. The number of aromatic hydroxyl groups is 1. The summed E-state index contributed by atoms with van der Waals surface area (Å²) in [6, 6.07) is 8.71. The predicted molar refractivity (Wildman–Crippen MR) is 101 cm³/mol. The number of hydrogen-bond donors (Lipinski definition) is 4. The Morgan fingerprint density at radius 3 is 2.60 bits per heavy atom. The summed E-state index contributed by atoms with van der Waals surface area (Å²) in [5.41, 5.74) is 5.93. The third kappa shape index (κ3) is 3.48. The summed E-state index contributed by atoms with van der Waals surface area (Å²) in [6.45, 7) is 0. The first-order valence-electron chi connectivity index (χ1n) is 6.94. The zero-order valence-electron chi connectivity index (χ0n) is 12.5. The molecule has 0 spiro atoms. The van der Waals surface area contributed by atoms with E-state index in [0.717, 1.165) is 11.3 Å². The van der Waals surface area contributed by atoms with Gasteiger partial charge in [-0.05, 0) is 30.3 Å². The fraction of sp³-hybridized carbons (Fsp3) is 0. The minimum atomic E-state index is -0.687. The van der Waals surface area contributed by atoms with Gasteiger partial charge < -0.3 is 16.2 Å². The van der Waals surface area contributed by atoms with Crippen LogP contribution in [0.5, 0.6) is 5.75 Å². The Bertz CT molecular complexity index is 1000. The highest BCUT2D eigenvalue weighted by molar-refractivity contribution is 7.23. The number of halogens is 2. The Morgan fingerprint density at radius 1 is 1.12 bits per heavy atom. The Hall–Kier alpha value is -2.48. The van der Waals surface area contributed by atoms with E-state index in [2.05, 4.69) is 10.6 Å². The zero-order chi connectivity index (χ0) is 18.1. The number of phenolic OH excluding ortho intramolecular Hbond substituents is 1. The van der Waals surface area contributed by atoms with Crippen LogP contribution in [0, 0.1) is 0 Å². The summed E-state index contributed by atoms with van der Waals surface area (Å²) in [4.78, 5) is 24.0. The van der Waals surface area contributed by atoms with Crippen LogP contribution in [0.2, 0.25) is 10.0 Å². The average Bonchev–Trinajstić information content (AvgIpc) is 2.88. The molecular weight excluding hydrogens is 385 g/mol. The van der Waals surface area contributed by atoms with Gasteiger partial charge in [0.1, 0.15) is 10.8 Å². The maximum atomic E-state index is 12.2. The smallest absolute Gasteiger partial charge is 0.324 e. The van der Waals surface area contributed by atoms with Gasteiger partial charge in [-0.2, -0.15) is 0 Å². The minimum Gasteiger partial charge on any atom is -0.508 e. The van der Waals surface area contributed by atoms with Crippen molar-refractivity contribution >= 4 is 67.3 Å². The number of urea groups is 1. The van der Waals surface area contributed by atoms with E-state index in [1.54, 1.807) is 24.3 Å². The molecule has 3 rings (SSSR count). The number of primary amides is 1. The predicted octanol–water partition coefficient (Wildman–Crippen LogP) is 4.66. The molecule has 0 fully saturated rings. The van der Waals surface area contributed by atoms with E-state index in [1.165, 1.54) is 12.1 Å². The molecule has 0 radical (unpaired) electrons. The highest BCUT2D eigenvalue weighted by atomic mass is 35.5. The summed E-state index contributed by atoms with van der Waals surface area (Å²) >= 11 is 13.1. The van der Waals surface area contributed by atoms with Gasteiger partial charge in [0.2, 0.25) is 0 Å². The van der Waals surface area contributed by atoms with Crippen molar-refractivity contribution < 1.29 is 14.7 Å². The summed E-state index contributed by atoms with van der Waals surface area (Å²) in [5.74, 6) is -0.639. The molecule has 6 nitrogen and oxygen atoms in total. The first-order chi connectivity index (χ1) is 11.9. The van der Waals surface area contributed by atoms with Crippen LogP contribution < -0.4 is 16.4 Å². The lowest BCUT2D eigenvalue weighted by atomic mass is 10.1. The van der Waals surface area contributed by atoms with Crippen molar-refractivity contribution in [2.45, 2.75) is 0 Å². The molecule has 2 aromatic carbocycles. The molecule has 3 aromatic rings. The Balaban J connectivity index is 1.92. The van der Waals surface area contributed by atoms with E-state index < -0.39 is 11.9 Å². The molecule has 0 bridgehead atoms. The molecule has 0 atom stereocenters. The van der Waals surface area contributed by atoms with E-state index in [1.807, 2.05) is 0 Å². The van der Waals surface area contributed by atoms with E-state index in [4.69, 9.17) is 28.9 Å². The van der Waals surface area contributed by atoms with Gasteiger partial charge >= 0.3 is 6.03 Å². The summed E-state index contributed by atoms with van der Waals surface area (Å²) in [6.07, 6.45) is 0. The lowest BCUT2D eigenvalue weighted by molar-refractivity contribution is 0.100. The van der Waals surface area contributed by atoms with Crippen LogP contribution in [0.25, 0.3) is 10.1 Å². The van der Waals surface area contributed by atoms with Gasteiger partial charge in [0, 0.05) is 10.1 Å². The molecule has 1 heterocycles. The fourth-order valence-corrected chi connectivity index (χ4v) is 3.76. The molecule has 5 N–H and O–H groups in total. The number of anilines is 2. The van der Waals surface area contributed by atoms with Crippen LogP contribution in [0.3, 0.4) is 0 Å². The van der Waals surface area contributed by atoms with Gasteiger partial charge in [-0.25, -0.2) is 4.79 Å². The number of carbonyl (C=O) groups is 2. The van der Waals surface area contributed by atoms with Crippen LogP contribution in [-0.2, 0) is 0 Å². The van der Waals surface area contributed by atoms with Crippen LogP contribution >= 0.6 is 34.5 Å². The first-order valence-corrected chi connectivity index (χ1v) is 8.51. The maximum absolute atomic E-state index is 12.2. The standard InChI is InChI=1S/C16H11Cl2N3O3S/c17-9-2-1-3-10(13(9)18)20-16(24)21-15-12(14(19)23)8-5-4-7(22)6-11(8)25-15/h1-6,22H,(H2,19,23)(H2,20,21,24). The second kappa shape index (κ2) is 6.79. The van der Waals surface area contributed by atoms with Crippen molar-refractivity contribution in [1.29, 1.82) is 0 Å². The molecule has 3 amide bonds. The summed E-state index contributed by atoms with van der Waals surface area (Å²) < 4.78 is 0.616. The fourth-order valence-electron chi connectivity index (χ4n) is 2.27. The van der Waals surface area contributed by atoms with Crippen molar-refractivity contribution in [3.05, 3.63) is 52.0 Å². The minimum absolute atomic E-state index is 0.0477. The number of carbonyl (C=O) groups excluding carboxylic acids is 2. The molecule has 25 heavy (non-hydrogen) atoms. The number of hydrogen-bond acceptors (Lipinski definition) is 4. The van der Waals surface area contributed by atoms with Crippen molar-refractivity contribution in [3.63, 3.8) is 0 Å². The molecule has 1 aromatic heterocycles. The summed E-state index contributed by atoms with van der Waals surface area (Å²) in [7, 11) is 0. The number of rotatable bonds is 3. The van der Waals surface area contributed by atoms with Crippen LogP contribution in [-0.4, -0.2) is 17.0 Å². The highest BCUT2D eigenvalue weighted by Gasteiger charge is 2.19. The number of nitrogens with one attached hydrogen (secondary N) is 2. The number of thiophene rings is 1. The average molecular weight is 396 g/mol. The Morgan fingerprint density at radius 2 is 1.88 bits per heavy atom. The Labute approximate surface area is 156 Å².